The van der Waals surface area contributed by atoms with Crippen LogP contribution in [0.4, 0.5) is 0 Å². The number of hydrogen-bond acceptors (Lipinski definition) is 4. The average molecular weight is 355 g/mol. The van der Waals surface area contributed by atoms with Gasteiger partial charge in [0.05, 0.1) is 11.4 Å². The van der Waals surface area contributed by atoms with Gasteiger partial charge in [0.15, 0.2) is 0 Å². The highest BCUT2D eigenvalue weighted by molar-refractivity contribution is 7.89. The molecule has 1 aromatic carbocycles. The molecule has 0 atom stereocenters. The average Bonchev–Trinajstić information content (AvgIpc) is 2.52. The number of rotatable bonds is 8. The van der Waals surface area contributed by atoms with E-state index in [0.717, 1.165) is 10.7 Å². The molecule has 24 heavy (non-hydrogen) atoms. The fraction of sp³-hybridized carbons (Fsp3) is 0.500. The summed E-state index contributed by atoms with van der Waals surface area (Å²) >= 11 is 0. The molecule has 0 aromatic heterocycles. The number of nitrogens with zero attached hydrogens (tertiary/aromatic N) is 1. The lowest BCUT2D eigenvalue weighted by Crippen LogP contribution is -2.37. The summed E-state index contributed by atoms with van der Waals surface area (Å²) in [6, 6.07) is 5.57. The minimum atomic E-state index is -3.52. The van der Waals surface area contributed by atoms with Gasteiger partial charge in [-0.2, -0.15) is 0 Å². The Labute approximate surface area is 143 Å². The Bertz CT molecular complexity index is 667. The van der Waals surface area contributed by atoms with Crippen LogP contribution in [-0.4, -0.2) is 51.7 Å². The number of carbonyl (C=O) groups is 2. The van der Waals surface area contributed by atoms with Crippen LogP contribution in [0.25, 0.3) is 0 Å². The van der Waals surface area contributed by atoms with Gasteiger partial charge in [0, 0.05) is 26.2 Å². The summed E-state index contributed by atoms with van der Waals surface area (Å²) in [6.07, 6.45) is 0.876. The predicted octanol–water partition coefficient (Wildman–Crippen LogP) is 0.829. The molecule has 2 amide bonds. The van der Waals surface area contributed by atoms with Crippen LogP contribution < -0.4 is 10.6 Å². The van der Waals surface area contributed by atoms with Crippen LogP contribution >= 0.6 is 0 Å². The predicted molar refractivity (Wildman–Crippen MR) is 92.1 cm³/mol. The van der Waals surface area contributed by atoms with E-state index in [1.807, 2.05) is 0 Å². The Hall–Kier alpha value is -1.93. The Kier molecular flexibility index (Phi) is 7.37. The first-order valence-corrected chi connectivity index (χ1v) is 9.16. The smallest absolute Gasteiger partial charge is 0.251 e. The maximum Gasteiger partial charge on any atom is 0.251 e. The minimum Gasteiger partial charge on any atom is -0.355 e. The second-order valence-electron chi connectivity index (χ2n) is 6.03. The van der Waals surface area contributed by atoms with Gasteiger partial charge in [-0.3, -0.25) is 9.59 Å². The zero-order valence-corrected chi connectivity index (χ0v) is 15.3. The van der Waals surface area contributed by atoms with E-state index >= 15 is 0 Å². The number of sulfonamides is 1. The minimum absolute atomic E-state index is 0.107. The normalized spacial score (nSPS) is 11.6. The Balaban J connectivity index is 2.56. The molecular formula is C16H25N3O4S. The van der Waals surface area contributed by atoms with Crippen LogP contribution in [0, 0.1) is 5.92 Å². The van der Waals surface area contributed by atoms with Gasteiger partial charge in [-0.1, -0.05) is 13.8 Å². The molecule has 1 rings (SSSR count). The first-order chi connectivity index (χ1) is 11.1. The molecule has 0 saturated carbocycles. The van der Waals surface area contributed by atoms with Crippen LogP contribution in [0.5, 0.6) is 0 Å². The van der Waals surface area contributed by atoms with Crippen molar-refractivity contribution in [3.05, 3.63) is 29.8 Å². The molecule has 7 nitrogen and oxygen atoms in total. The molecule has 1 aromatic rings. The molecule has 0 bridgehead atoms. The quantitative estimate of drug-likeness (QED) is 0.722. The SMILES string of the molecule is CC(C)CCNC(=O)CNC(=O)c1ccc(S(=O)(=O)N(C)C)cc1. The van der Waals surface area contributed by atoms with Crippen molar-refractivity contribution in [3.8, 4) is 0 Å². The third kappa shape index (κ3) is 5.93. The van der Waals surface area contributed by atoms with Crippen molar-refractivity contribution < 1.29 is 18.0 Å². The summed E-state index contributed by atoms with van der Waals surface area (Å²) in [6.45, 7) is 4.58. The fourth-order valence-electron chi connectivity index (χ4n) is 1.81. The van der Waals surface area contributed by atoms with Gasteiger partial charge in [0.25, 0.3) is 5.91 Å². The van der Waals surface area contributed by atoms with Crippen molar-refractivity contribution in [1.29, 1.82) is 0 Å². The Morgan fingerprint density at radius 2 is 1.67 bits per heavy atom. The third-order valence-electron chi connectivity index (χ3n) is 3.35. The molecule has 0 aliphatic heterocycles. The summed E-state index contributed by atoms with van der Waals surface area (Å²) in [4.78, 5) is 23.7. The van der Waals surface area contributed by atoms with Crippen LogP contribution in [0.1, 0.15) is 30.6 Å². The Morgan fingerprint density at radius 3 is 2.17 bits per heavy atom. The van der Waals surface area contributed by atoms with Gasteiger partial charge < -0.3 is 10.6 Å². The van der Waals surface area contributed by atoms with E-state index in [2.05, 4.69) is 24.5 Å². The first kappa shape index (κ1) is 20.1. The molecule has 0 heterocycles. The summed E-state index contributed by atoms with van der Waals surface area (Å²) in [5, 5.41) is 5.23. The summed E-state index contributed by atoms with van der Waals surface area (Å²) in [7, 11) is -0.648. The van der Waals surface area contributed by atoms with Crippen LogP contribution in [-0.2, 0) is 14.8 Å². The third-order valence-corrected chi connectivity index (χ3v) is 5.18. The van der Waals surface area contributed by atoms with E-state index in [1.54, 1.807) is 0 Å². The number of carbonyl (C=O) groups excluding carboxylic acids is 2. The number of nitrogens with one attached hydrogen (secondary N) is 2. The van der Waals surface area contributed by atoms with Gasteiger partial charge >= 0.3 is 0 Å². The van der Waals surface area contributed by atoms with E-state index in [1.165, 1.54) is 38.4 Å². The fourth-order valence-corrected chi connectivity index (χ4v) is 2.72. The second-order valence-corrected chi connectivity index (χ2v) is 8.18. The van der Waals surface area contributed by atoms with Crippen molar-refractivity contribution >= 4 is 21.8 Å². The van der Waals surface area contributed by atoms with Gasteiger partial charge in [-0.05, 0) is 36.6 Å². The lowest BCUT2D eigenvalue weighted by molar-refractivity contribution is -0.120. The monoisotopic (exact) mass is 355 g/mol. The molecule has 0 saturated heterocycles. The molecule has 0 spiro atoms. The van der Waals surface area contributed by atoms with E-state index in [9.17, 15) is 18.0 Å². The van der Waals surface area contributed by atoms with E-state index in [-0.39, 0.29) is 17.3 Å². The second kappa shape index (κ2) is 8.79. The lowest BCUT2D eigenvalue weighted by atomic mass is 10.1. The summed E-state index contributed by atoms with van der Waals surface area (Å²) in [5.74, 6) is -0.185. The van der Waals surface area contributed by atoms with Crippen molar-refractivity contribution in [2.45, 2.75) is 25.2 Å². The maximum atomic E-state index is 12.0. The van der Waals surface area contributed by atoms with Gasteiger partial charge in [0.2, 0.25) is 15.9 Å². The van der Waals surface area contributed by atoms with Crippen LogP contribution in [0.3, 0.4) is 0 Å². The zero-order valence-electron chi connectivity index (χ0n) is 14.5. The van der Waals surface area contributed by atoms with Crippen LogP contribution in [0.15, 0.2) is 29.2 Å². The summed E-state index contributed by atoms with van der Waals surface area (Å²) < 4.78 is 25.0. The highest BCUT2D eigenvalue weighted by atomic mass is 32.2. The van der Waals surface area contributed by atoms with Gasteiger partial charge in [-0.15, -0.1) is 0 Å². The molecule has 134 valence electrons. The standard InChI is InChI=1S/C16H25N3O4S/c1-12(2)9-10-17-15(20)11-18-16(21)13-5-7-14(8-6-13)24(22,23)19(3)4/h5-8,12H,9-11H2,1-4H3,(H,17,20)(H,18,21). The maximum absolute atomic E-state index is 12.0. The number of hydrogen-bond donors (Lipinski definition) is 2. The largest absolute Gasteiger partial charge is 0.355 e. The molecule has 0 radical (unpaired) electrons. The number of amides is 2. The lowest BCUT2D eigenvalue weighted by Gasteiger charge is -2.12. The molecule has 0 aliphatic carbocycles. The topological polar surface area (TPSA) is 95.6 Å². The van der Waals surface area contributed by atoms with Crippen molar-refractivity contribution in [2.75, 3.05) is 27.2 Å². The van der Waals surface area contributed by atoms with Gasteiger partial charge in [0.1, 0.15) is 0 Å². The Morgan fingerprint density at radius 1 is 1.08 bits per heavy atom. The van der Waals surface area contributed by atoms with Crippen LogP contribution in [0.2, 0.25) is 0 Å². The highest BCUT2D eigenvalue weighted by Gasteiger charge is 2.17. The first-order valence-electron chi connectivity index (χ1n) is 7.72. The van der Waals surface area contributed by atoms with Crippen molar-refractivity contribution in [3.63, 3.8) is 0 Å². The van der Waals surface area contributed by atoms with Gasteiger partial charge in [-0.25, -0.2) is 12.7 Å². The number of benzene rings is 1. The molecule has 0 aliphatic rings. The molecule has 0 unspecified atom stereocenters. The zero-order chi connectivity index (χ0) is 18.3. The molecule has 0 fully saturated rings. The molecule has 2 N–H and O–H groups in total. The summed E-state index contributed by atoms with van der Waals surface area (Å²) in [5.41, 5.74) is 0.294. The van der Waals surface area contributed by atoms with Crippen molar-refractivity contribution in [2.24, 2.45) is 5.92 Å². The molecule has 8 heteroatoms. The van der Waals surface area contributed by atoms with E-state index in [4.69, 9.17) is 0 Å². The van der Waals surface area contributed by atoms with E-state index in [0.29, 0.717) is 18.0 Å². The van der Waals surface area contributed by atoms with E-state index < -0.39 is 15.9 Å². The highest BCUT2D eigenvalue weighted by Crippen LogP contribution is 2.13. The van der Waals surface area contributed by atoms with Crippen molar-refractivity contribution in [1.82, 2.24) is 14.9 Å². The molecular weight excluding hydrogens is 330 g/mol.